The van der Waals surface area contributed by atoms with Crippen LogP contribution >= 0.6 is 0 Å². The Balaban J connectivity index is 2.34. The number of nitrogens with two attached hydrogens (primary N) is 1. The van der Waals surface area contributed by atoms with Crippen LogP contribution in [0.4, 0.5) is 0 Å². The number of hydrogen-bond acceptors (Lipinski definition) is 2. The summed E-state index contributed by atoms with van der Waals surface area (Å²) in [6, 6.07) is 6.39. The van der Waals surface area contributed by atoms with Crippen LogP contribution < -0.4 is 10.5 Å². The van der Waals surface area contributed by atoms with Gasteiger partial charge in [0.05, 0.1) is 6.10 Å². The van der Waals surface area contributed by atoms with Crippen LogP contribution in [-0.2, 0) is 6.42 Å². The highest BCUT2D eigenvalue weighted by molar-refractivity contribution is 5.44. The maximum atomic E-state index is 5.99. The molecule has 0 heterocycles. The van der Waals surface area contributed by atoms with E-state index in [1.54, 1.807) is 0 Å². The molecule has 0 amide bonds. The molecule has 0 saturated carbocycles. The number of rotatable bonds is 2. The van der Waals surface area contributed by atoms with Gasteiger partial charge in [0.2, 0.25) is 0 Å². The third-order valence-electron chi connectivity index (χ3n) is 2.64. The molecule has 0 radical (unpaired) electrons. The van der Waals surface area contributed by atoms with E-state index in [1.165, 1.54) is 11.1 Å². The molecule has 0 saturated heterocycles. The summed E-state index contributed by atoms with van der Waals surface area (Å²) in [6.45, 7) is 4.10. The molecule has 0 aliphatic heterocycles. The first kappa shape index (κ1) is 9.53. The minimum atomic E-state index is 0.209. The van der Waals surface area contributed by atoms with Gasteiger partial charge in [-0.15, -0.1) is 0 Å². The second kappa shape index (κ2) is 3.62. The molecule has 2 nitrogen and oxygen atoms in total. The van der Waals surface area contributed by atoms with E-state index in [0.717, 1.165) is 18.6 Å². The summed E-state index contributed by atoms with van der Waals surface area (Å²) in [7, 11) is 0. The van der Waals surface area contributed by atoms with E-state index in [9.17, 15) is 0 Å². The van der Waals surface area contributed by atoms with Crippen molar-refractivity contribution < 1.29 is 4.74 Å². The molecule has 2 heteroatoms. The van der Waals surface area contributed by atoms with Crippen molar-refractivity contribution in [2.24, 2.45) is 5.73 Å². The van der Waals surface area contributed by atoms with Crippen molar-refractivity contribution in [1.82, 2.24) is 0 Å². The van der Waals surface area contributed by atoms with Gasteiger partial charge in [0, 0.05) is 6.04 Å². The number of benzene rings is 1. The van der Waals surface area contributed by atoms with Gasteiger partial charge in [-0.3, -0.25) is 0 Å². The molecule has 76 valence electrons. The highest BCUT2D eigenvalue weighted by Gasteiger charge is 2.22. The van der Waals surface area contributed by atoms with Gasteiger partial charge in [0.15, 0.2) is 0 Å². The summed E-state index contributed by atoms with van der Waals surface area (Å²) < 4.78 is 5.75. The van der Waals surface area contributed by atoms with Gasteiger partial charge in [-0.25, -0.2) is 0 Å². The Hall–Kier alpha value is -1.02. The third-order valence-corrected chi connectivity index (χ3v) is 2.64. The van der Waals surface area contributed by atoms with Crippen LogP contribution in [0.5, 0.6) is 5.75 Å². The Morgan fingerprint density at radius 2 is 2.21 bits per heavy atom. The van der Waals surface area contributed by atoms with Gasteiger partial charge < -0.3 is 10.5 Å². The van der Waals surface area contributed by atoms with Gasteiger partial charge in [0.25, 0.3) is 0 Å². The average molecular weight is 191 g/mol. The fourth-order valence-corrected chi connectivity index (χ4v) is 2.02. The van der Waals surface area contributed by atoms with E-state index in [0.29, 0.717) is 0 Å². The van der Waals surface area contributed by atoms with Crippen molar-refractivity contribution in [3.8, 4) is 5.75 Å². The lowest BCUT2D eigenvalue weighted by molar-refractivity contribution is 0.240. The van der Waals surface area contributed by atoms with Crippen molar-refractivity contribution in [3.63, 3.8) is 0 Å². The van der Waals surface area contributed by atoms with E-state index >= 15 is 0 Å². The number of hydrogen-bond donors (Lipinski definition) is 1. The van der Waals surface area contributed by atoms with Crippen molar-refractivity contribution >= 4 is 0 Å². The van der Waals surface area contributed by atoms with Crippen molar-refractivity contribution in [2.75, 3.05) is 0 Å². The second-order valence-electron chi connectivity index (χ2n) is 4.14. The average Bonchev–Trinajstić information content (AvgIpc) is 2.49. The second-order valence-corrected chi connectivity index (χ2v) is 4.14. The fourth-order valence-electron chi connectivity index (χ4n) is 2.02. The molecule has 2 N–H and O–H groups in total. The Morgan fingerprint density at radius 1 is 1.43 bits per heavy atom. The molecule has 0 unspecified atom stereocenters. The van der Waals surface area contributed by atoms with Gasteiger partial charge in [-0.05, 0) is 43.9 Å². The Morgan fingerprint density at radius 3 is 2.93 bits per heavy atom. The third kappa shape index (κ3) is 1.62. The highest BCUT2D eigenvalue weighted by Crippen LogP contribution is 2.35. The topological polar surface area (TPSA) is 35.2 Å². The molecular formula is C12H17NO. The molecule has 0 bridgehead atoms. The molecule has 1 aromatic rings. The smallest absolute Gasteiger partial charge is 0.123 e. The molecule has 1 aromatic carbocycles. The van der Waals surface area contributed by atoms with E-state index in [1.807, 2.05) is 26.0 Å². The van der Waals surface area contributed by atoms with Crippen LogP contribution in [0, 0.1) is 0 Å². The zero-order valence-corrected chi connectivity index (χ0v) is 8.79. The normalized spacial score (nSPS) is 19.9. The van der Waals surface area contributed by atoms with Gasteiger partial charge in [-0.2, -0.15) is 0 Å². The maximum Gasteiger partial charge on any atom is 0.123 e. The minimum Gasteiger partial charge on any atom is -0.491 e. The molecule has 14 heavy (non-hydrogen) atoms. The van der Waals surface area contributed by atoms with Crippen molar-refractivity contribution in [3.05, 3.63) is 29.3 Å². The van der Waals surface area contributed by atoms with Crippen LogP contribution in [0.25, 0.3) is 0 Å². The Bertz CT molecular complexity index is 333. The predicted molar refractivity (Wildman–Crippen MR) is 57.5 cm³/mol. The lowest BCUT2D eigenvalue weighted by Crippen LogP contribution is -2.08. The first-order chi connectivity index (χ1) is 6.68. The summed E-state index contributed by atoms with van der Waals surface area (Å²) >= 11 is 0. The standard InChI is InChI=1S/C12H17NO/c1-8(2)14-12-5-3-4-9-10(12)6-7-11(9)13/h3-5,8,11H,6-7,13H2,1-2H3/t11-/m0/s1. The number of ether oxygens (including phenoxy) is 1. The Labute approximate surface area is 85.1 Å². The lowest BCUT2D eigenvalue weighted by Gasteiger charge is -2.14. The van der Waals surface area contributed by atoms with E-state index in [4.69, 9.17) is 10.5 Å². The molecule has 1 aliphatic rings. The van der Waals surface area contributed by atoms with Crippen LogP contribution in [0.15, 0.2) is 18.2 Å². The summed E-state index contributed by atoms with van der Waals surface area (Å²) in [5.41, 5.74) is 8.57. The molecule has 0 spiro atoms. The monoisotopic (exact) mass is 191 g/mol. The van der Waals surface area contributed by atoms with Crippen molar-refractivity contribution in [2.45, 2.75) is 38.8 Å². The molecule has 0 fully saturated rings. The molecule has 1 aliphatic carbocycles. The van der Waals surface area contributed by atoms with Crippen LogP contribution in [-0.4, -0.2) is 6.10 Å². The SMILES string of the molecule is CC(C)Oc1cccc2c1CC[C@@H]2N. The summed E-state index contributed by atoms with van der Waals surface area (Å²) in [5.74, 6) is 1.02. The largest absolute Gasteiger partial charge is 0.491 e. The summed E-state index contributed by atoms with van der Waals surface area (Å²) in [4.78, 5) is 0. The van der Waals surface area contributed by atoms with Gasteiger partial charge in [0.1, 0.15) is 5.75 Å². The van der Waals surface area contributed by atoms with Gasteiger partial charge >= 0.3 is 0 Å². The van der Waals surface area contributed by atoms with Gasteiger partial charge in [-0.1, -0.05) is 12.1 Å². The molecule has 0 aromatic heterocycles. The van der Waals surface area contributed by atoms with E-state index in [2.05, 4.69) is 6.07 Å². The lowest BCUT2D eigenvalue weighted by atomic mass is 10.1. The highest BCUT2D eigenvalue weighted by atomic mass is 16.5. The Kier molecular flexibility index (Phi) is 2.46. The van der Waals surface area contributed by atoms with E-state index < -0.39 is 0 Å². The summed E-state index contributed by atoms with van der Waals surface area (Å²) in [6.07, 6.45) is 2.34. The summed E-state index contributed by atoms with van der Waals surface area (Å²) in [5, 5.41) is 0. The van der Waals surface area contributed by atoms with E-state index in [-0.39, 0.29) is 12.1 Å². The molecule has 1 atom stereocenters. The maximum absolute atomic E-state index is 5.99. The zero-order valence-electron chi connectivity index (χ0n) is 8.79. The van der Waals surface area contributed by atoms with Crippen LogP contribution in [0.2, 0.25) is 0 Å². The first-order valence-corrected chi connectivity index (χ1v) is 5.22. The van der Waals surface area contributed by atoms with Crippen molar-refractivity contribution in [1.29, 1.82) is 0 Å². The fraction of sp³-hybridized carbons (Fsp3) is 0.500. The van der Waals surface area contributed by atoms with Crippen LogP contribution in [0.1, 0.15) is 37.4 Å². The molecular weight excluding hydrogens is 174 g/mol. The zero-order chi connectivity index (χ0) is 10.1. The minimum absolute atomic E-state index is 0.209. The van der Waals surface area contributed by atoms with Crippen LogP contribution in [0.3, 0.4) is 0 Å². The number of fused-ring (bicyclic) bond motifs is 1. The quantitative estimate of drug-likeness (QED) is 0.779. The first-order valence-electron chi connectivity index (χ1n) is 5.22. The molecule has 2 rings (SSSR count). The predicted octanol–water partition coefficient (Wildman–Crippen LogP) is 2.42.